The highest BCUT2D eigenvalue weighted by molar-refractivity contribution is 7.93. The molecule has 1 aliphatic rings. The van der Waals surface area contributed by atoms with E-state index in [-0.39, 0.29) is 40.9 Å². The molecule has 0 bridgehead atoms. The van der Waals surface area contributed by atoms with E-state index in [9.17, 15) is 35.8 Å². The van der Waals surface area contributed by atoms with Crippen molar-refractivity contribution in [3.8, 4) is 0 Å². The van der Waals surface area contributed by atoms with Gasteiger partial charge in [-0.15, -0.1) is 10.2 Å². The number of hydrogen-bond acceptors (Lipinski definition) is 7. The summed E-state index contributed by atoms with van der Waals surface area (Å²) < 4.78 is 92.8. The van der Waals surface area contributed by atoms with Gasteiger partial charge in [0, 0.05) is 42.8 Å². The van der Waals surface area contributed by atoms with Gasteiger partial charge < -0.3 is 14.6 Å². The zero-order chi connectivity index (χ0) is 34.2. The lowest BCUT2D eigenvalue weighted by atomic mass is 10.1. The van der Waals surface area contributed by atoms with Crippen LogP contribution in [0.4, 0.5) is 33.5 Å². The Morgan fingerprint density at radius 1 is 1.13 bits per heavy atom. The standard InChI is InChI=1S/C29H40F5N5O4SSi/c1-18-22(24(37-36-23(18)29(32,33)34)39-15-10-13-28(30,31)14-16-39)26(41)35-20-11-9-12-21(17-20)44(6,42)38-25(40)19(2)43-45(7,8)27(3,4)5/h9,11-12,17,19H,10,13-16H2,1-8H3,(H,35,41)/t19-,44+/m0/s1. The van der Waals surface area contributed by atoms with E-state index in [0.717, 1.165) is 6.92 Å². The Morgan fingerprint density at radius 2 is 1.78 bits per heavy atom. The fraction of sp³-hybridized carbons (Fsp3) is 0.586. The zero-order valence-electron chi connectivity index (χ0n) is 26.6. The minimum atomic E-state index is -4.93. The topological polar surface area (TPSA) is 114 Å². The van der Waals surface area contributed by atoms with Crippen molar-refractivity contribution in [2.45, 2.75) is 95.1 Å². The maximum Gasteiger partial charge on any atom is 0.435 e. The van der Waals surface area contributed by atoms with Gasteiger partial charge in [-0.25, -0.2) is 13.0 Å². The third-order valence-corrected chi connectivity index (χ3v) is 14.3. The lowest BCUT2D eigenvalue weighted by Gasteiger charge is -2.37. The van der Waals surface area contributed by atoms with Gasteiger partial charge in [-0.3, -0.25) is 9.59 Å². The van der Waals surface area contributed by atoms with Crippen molar-refractivity contribution >= 4 is 41.4 Å². The largest absolute Gasteiger partial charge is 0.435 e. The van der Waals surface area contributed by atoms with E-state index in [1.54, 1.807) is 6.92 Å². The van der Waals surface area contributed by atoms with Crippen molar-refractivity contribution in [1.82, 2.24) is 10.2 Å². The van der Waals surface area contributed by atoms with Crippen molar-refractivity contribution in [3.05, 3.63) is 41.1 Å². The van der Waals surface area contributed by atoms with E-state index in [1.165, 1.54) is 35.4 Å². The van der Waals surface area contributed by atoms with Gasteiger partial charge in [0.25, 0.3) is 11.8 Å². The fourth-order valence-electron chi connectivity index (χ4n) is 4.52. The minimum absolute atomic E-state index is 0.0322. The van der Waals surface area contributed by atoms with Crippen LogP contribution < -0.4 is 10.2 Å². The highest BCUT2D eigenvalue weighted by Crippen LogP contribution is 2.38. The average Bonchev–Trinajstić information content (AvgIpc) is 3.06. The molecule has 2 heterocycles. The van der Waals surface area contributed by atoms with Crippen LogP contribution >= 0.6 is 0 Å². The highest BCUT2D eigenvalue weighted by atomic mass is 32.2. The molecule has 0 aliphatic carbocycles. The molecule has 0 unspecified atom stereocenters. The quantitative estimate of drug-likeness (QED) is 0.246. The number of alkyl halides is 5. The first-order chi connectivity index (χ1) is 20.4. The van der Waals surface area contributed by atoms with Gasteiger partial charge in [0.15, 0.2) is 19.8 Å². The van der Waals surface area contributed by atoms with Crippen LogP contribution in [0.5, 0.6) is 0 Å². The highest BCUT2D eigenvalue weighted by Gasteiger charge is 2.41. The molecule has 1 saturated heterocycles. The molecule has 2 amide bonds. The first-order valence-electron chi connectivity index (χ1n) is 14.4. The van der Waals surface area contributed by atoms with Crippen molar-refractivity contribution in [2.24, 2.45) is 4.36 Å². The summed E-state index contributed by atoms with van der Waals surface area (Å²) in [5, 5.41) is 9.29. The number of halogens is 5. The number of nitrogens with zero attached hydrogens (tertiary/aromatic N) is 4. The summed E-state index contributed by atoms with van der Waals surface area (Å²) in [6, 6.07) is 5.61. The van der Waals surface area contributed by atoms with Crippen LogP contribution in [0.3, 0.4) is 0 Å². The number of aromatic nitrogens is 2. The number of hydrogen-bond donors (Lipinski definition) is 1. The normalized spacial score (nSPS) is 18.0. The van der Waals surface area contributed by atoms with Crippen LogP contribution in [-0.2, 0) is 25.1 Å². The van der Waals surface area contributed by atoms with Gasteiger partial charge in [-0.05, 0) is 62.2 Å². The number of rotatable bonds is 7. The van der Waals surface area contributed by atoms with Crippen LogP contribution in [0.25, 0.3) is 0 Å². The first-order valence-corrected chi connectivity index (χ1v) is 19.2. The molecular formula is C29H40F5N5O4SSi. The summed E-state index contributed by atoms with van der Waals surface area (Å²) in [5.74, 6) is -4.92. The number of carbonyl (C=O) groups is 2. The summed E-state index contributed by atoms with van der Waals surface area (Å²) in [6.07, 6.45) is -5.56. The Morgan fingerprint density at radius 3 is 2.38 bits per heavy atom. The van der Waals surface area contributed by atoms with Gasteiger partial charge in [0.05, 0.1) is 15.3 Å². The summed E-state index contributed by atoms with van der Waals surface area (Å²) in [6.45, 7) is 12.4. The maximum absolute atomic E-state index is 14.0. The molecule has 2 atom stereocenters. The monoisotopic (exact) mass is 677 g/mol. The third-order valence-electron chi connectivity index (χ3n) is 8.13. The van der Waals surface area contributed by atoms with E-state index < -0.39 is 77.7 Å². The second-order valence-electron chi connectivity index (χ2n) is 12.8. The maximum atomic E-state index is 14.0. The molecule has 9 nitrogen and oxygen atoms in total. The molecule has 1 aliphatic heterocycles. The molecule has 1 aromatic carbocycles. The SMILES string of the molecule is Cc1c(C(F)(F)F)nnc(N2CCCC(F)(F)CC2)c1C(=O)Nc1cccc([S@@](C)(=O)=NC(=O)[C@H](C)O[Si](C)(C)C(C)(C)C)c1. The van der Waals surface area contributed by atoms with E-state index >= 15 is 0 Å². The summed E-state index contributed by atoms with van der Waals surface area (Å²) >= 11 is 0. The molecular weight excluding hydrogens is 637 g/mol. The second-order valence-corrected chi connectivity index (χ2v) is 19.8. The van der Waals surface area contributed by atoms with E-state index in [1.807, 2.05) is 33.9 Å². The number of amides is 2. The van der Waals surface area contributed by atoms with Crippen LogP contribution in [0.1, 0.15) is 68.6 Å². The van der Waals surface area contributed by atoms with Crippen LogP contribution in [-0.4, -0.2) is 65.9 Å². The summed E-state index contributed by atoms with van der Waals surface area (Å²) in [4.78, 5) is 27.9. The number of carbonyl (C=O) groups excluding carboxylic acids is 2. The lowest BCUT2D eigenvalue weighted by molar-refractivity contribution is -0.142. The van der Waals surface area contributed by atoms with Crippen molar-refractivity contribution in [3.63, 3.8) is 0 Å². The number of anilines is 2. The zero-order valence-corrected chi connectivity index (χ0v) is 28.5. The Kier molecular flexibility index (Phi) is 10.6. The molecule has 0 radical (unpaired) electrons. The van der Waals surface area contributed by atoms with Crippen LogP contribution in [0, 0.1) is 6.92 Å². The molecule has 250 valence electrons. The molecule has 3 rings (SSSR count). The molecule has 1 aromatic heterocycles. The second kappa shape index (κ2) is 13.0. The van der Waals surface area contributed by atoms with Gasteiger partial charge in [0.2, 0.25) is 5.92 Å². The lowest BCUT2D eigenvalue weighted by Crippen LogP contribution is -2.45. The number of benzene rings is 1. The Labute approximate surface area is 261 Å². The predicted molar refractivity (Wildman–Crippen MR) is 165 cm³/mol. The molecule has 45 heavy (non-hydrogen) atoms. The van der Waals surface area contributed by atoms with E-state index in [4.69, 9.17) is 4.43 Å². The predicted octanol–water partition coefficient (Wildman–Crippen LogP) is 7.08. The summed E-state index contributed by atoms with van der Waals surface area (Å²) in [7, 11) is -5.67. The molecule has 0 saturated carbocycles. The van der Waals surface area contributed by atoms with Gasteiger partial charge in [-0.2, -0.15) is 17.5 Å². The average molecular weight is 678 g/mol. The number of nitrogens with one attached hydrogen (secondary N) is 1. The molecule has 1 fully saturated rings. The smallest absolute Gasteiger partial charge is 0.405 e. The van der Waals surface area contributed by atoms with Gasteiger partial charge >= 0.3 is 6.18 Å². The molecule has 1 N–H and O–H groups in total. The fourth-order valence-corrected chi connectivity index (χ4v) is 7.13. The molecule has 0 spiro atoms. The molecule has 2 aromatic rings. The Hall–Kier alpha value is -2.98. The third kappa shape index (κ3) is 8.85. The van der Waals surface area contributed by atoms with Crippen molar-refractivity contribution in [2.75, 3.05) is 29.6 Å². The Bertz CT molecular complexity index is 1570. The minimum Gasteiger partial charge on any atom is -0.405 e. The van der Waals surface area contributed by atoms with Crippen molar-refractivity contribution < 1.29 is 40.2 Å². The Balaban J connectivity index is 1.95. The van der Waals surface area contributed by atoms with Crippen LogP contribution in [0.15, 0.2) is 33.5 Å². The van der Waals surface area contributed by atoms with Crippen LogP contribution in [0.2, 0.25) is 18.1 Å². The van der Waals surface area contributed by atoms with Gasteiger partial charge in [0.1, 0.15) is 6.10 Å². The first kappa shape index (κ1) is 36.5. The van der Waals surface area contributed by atoms with E-state index in [2.05, 4.69) is 19.9 Å². The van der Waals surface area contributed by atoms with E-state index in [0.29, 0.717) is 0 Å². The molecule has 16 heteroatoms. The van der Waals surface area contributed by atoms with Gasteiger partial charge in [-0.1, -0.05) is 26.8 Å². The summed E-state index contributed by atoms with van der Waals surface area (Å²) in [5.41, 5.74) is -2.32. The van der Waals surface area contributed by atoms with Crippen molar-refractivity contribution in [1.29, 1.82) is 0 Å².